The van der Waals surface area contributed by atoms with Crippen LogP contribution in [0.4, 0.5) is 0 Å². The Labute approximate surface area is 140 Å². The number of piperidine rings is 1. The number of likely N-dealkylation sites (tertiary alicyclic amines) is 1. The molecule has 1 aliphatic heterocycles. The maximum atomic E-state index is 12.0. The summed E-state index contributed by atoms with van der Waals surface area (Å²) in [5, 5.41) is 0. The van der Waals surface area contributed by atoms with Gasteiger partial charge in [0.05, 0.1) is 0 Å². The number of rotatable bonds is 8. The molecule has 2 N–H and O–H groups in total. The number of nitrogens with two attached hydrogens (primary N) is 1. The van der Waals surface area contributed by atoms with Crippen molar-refractivity contribution in [2.24, 2.45) is 11.7 Å². The van der Waals surface area contributed by atoms with E-state index >= 15 is 0 Å². The summed E-state index contributed by atoms with van der Waals surface area (Å²) in [5.74, 6) is 0.968. The van der Waals surface area contributed by atoms with Gasteiger partial charge in [0, 0.05) is 18.5 Å². The number of Topliss-reactive ketones (excluding diaryl/α,β-unsaturated/α-hetero) is 1. The van der Waals surface area contributed by atoms with Crippen LogP contribution >= 0.6 is 12.4 Å². The Hall–Kier alpha value is -0.900. The van der Waals surface area contributed by atoms with Gasteiger partial charge in [-0.05, 0) is 51.2 Å². The van der Waals surface area contributed by atoms with E-state index in [-0.39, 0.29) is 18.2 Å². The highest BCUT2D eigenvalue weighted by molar-refractivity contribution is 5.95. The first kappa shape index (κ1) is 19.1. The summed E-state index contributed by atoms with van der Waals surface area (Å²) < 4.78 is 0. The van der Waals surface area contributed by atoms with Crippen molar-refractivity contribution in [3.63, 3.8) is 0 Å². The van der Waals surface area contributed by atoms with Crippen molar-refractivity contribution in [2.75, 3.05) is 26.2 Å². The molecule has 0 radical (unpaired) electrons. The van der Waals surface area contributed by atoms with E-state index < -0.39 is 0 Å². The standard InChI is InChI=1S/C18H28N2O.ClH/c19-14-16-8-7-13-20(15-16)12-6-2-5-11-18(21)17-9-3-1-4-10-17;/h1,3-4,9-10,16H,2,5-8,11-15,19H2;1H. The minimum absolute atomic E-state index is 0. The Morgan fingerprint density at radius 2 is 1.95 bits per heavy atom. The SMILES string of the molecule is Cl.NCC1CCCN(CCCCCC(=O)c2ccccc2)C1. The lowest BCUT2D eigenvalue weighted by Crippen LogP contribution is -2.38. The van der Waals surface area contributed by atoms with Gasteiger partial charge >= 0.3 is 0 Å². The zero-order valence-electron chi connectivity index (χ0n) is 13.4. The summed E-state index contributed by atoms with van der Waals surface area (Å²) in [6.45, 7) is 4.37. The summed E-state index contributed by atoms with van der Waals surface area (Å²) >= 11 is 0. The second-order valence-corrected chi connectivity index (χ2v) is 6.14. The molecule has 1 aliphatic rings. The van der Waals surface area contributed by atoms with E-state index in [4.69, 9.17) is 5.73 Å². The fourth-order valence-corrected chi connectivity index (χ4v) is 3.11. The van der Waals surface area contributed by atoms with Gasteiger partial charge in [0.15, 0.2) is 5.78 Å². The molecule has 0 aliphatic carbocycles. The van der Waals surface area contributed by atoms with Crippen LogP contribution in [0.15, 0.2) is 30.3 Å². The Morgan fingerprint density at radius 3 is 2.68 bits per heavy atom. The fraction of sp³-hybridized carbons (Fsp3) is 0.611. The monoisotopic (exact) mass is 324 g/mol. The predicted molar refractivity (Wildman–Crippen MR) is 94.7 cm³/mol. The van der Waals surface area contributed by atoms with Crippen LogP contribution in [0.5, 0.6) is 0 Å². The van der Waals surface area contributed by atoms with Crippen LogP contribution < -0.4 is 5.73 Å². The third-order valence-electron chi connectivity index (χ3n) is 4.41. The molecule has 2 rings (SSSR count). The van der Waals surface area contributed by atoms with E-state index in [2.05, 4.69) is 4.90 Å². The van der Waals surface area contributed by atoms with Gasteiger partial charge in [-0.15, -0.1) is 12.4 Å². The van der Waals surface area contributed by atoms with Crippen molar-refractivity contribution in [2.45, 2.75) is 38.5 Å². The van der Waals surface area contributed by atoms with Gasteiger partial charge in [-0.25, -0.2) is 0 Å². The van der Waals surface area contributed by atoms with Crippen LogP contribution in [-0.4, -0.2) is 36.9 Å². The van der Waals surface area contributed by atoms with Gasteiger partial charge in [-0.3, -0.25) is 4.79 Å². The number of nitrogens with zero attached hydrogens (tertiary/aromatic N) is 1. The van der Waals surface area contributed by atoms with Crippen molar-refractivity contribution in [1.29, 1.82) is 0 Å². The van der Waals surface area contributed by atoms with E-state index in [9.17, 15) is 4.79 Å². The molecule has 1 unspecified atom stereocenters. The smallest absolute Gasteiger partial charge is 0.162 e. The average Bonchev–Trinajstić information content (AvgIpc) is 2.55. The molecular weight excluding hydrogens is 296 g/mol. The Kier molecular flexibility index (Phi) is 9.37. The number of carbonyl (C=O) groups excluding carboxylic acids is 1. The third-order valence-corrected chi connectivity index (χ3v) is 4.41. The largest absolute Gasteiger partial charge is 0.330 e. The van der Waals surface area contributed by atoms with Crippen molar-refractivity contribution in [1.82, 2.24) is 4.90 Å². The van der Waals surface area contributed by atoms with Gasteiger partial charge < -0.3 is 10.6 Å². The summed E-state index contributed by atoms with van der Waals surface area (Å²) in [6, 6.07) is 9.62. The molecule has 1 atom stereocenters. The van der Waals surface area contributed by atoms with Gasteiger partial charge in [0.2, 0.25) is 0 Å². The molecule has 22 heavy (non-hydrogen) atoms. The van der Waals surface area contributed by atoms with Crippen LogP contribution in [0.1, 0.15) is 48.9 Å². The summed E-state index contributed by atoms with van der Waals surface area (Å²) in [6.07, 6.45) is 6.59. The molecule has 4 heteroatoms. The number of halogens is 1. The zero-order valence-corrected chi connectivity index (χ0v) is 14.2. The Bertz CT molecular complexity index is 424. The second-order valence-electron chi connectivity index (χ2n) is 6.14. The number of ketones is 1. The first-order valence-electron chi connectivity index (χ1n) is 8.30. The van der Waals surface area contributed by atoms with Crippen molar-refractivity contribution in [3.05, 3.63) is 35.9 Å². The number of hydrogen-bond acceptors (Lipinski definition) is 3. The lowest BCUT2D eigenvalue weighted by molar-refractivity contribution is 0.0978. The minimum atomic E-state index is 0. The zero-order chi connectivity index (χ0) is 14.9. The molecule has 0 bridgehead atoms. The third kappa shape index (κ3) is 6.47. The minimum Gasteiger partial charge on any atom is -0.330 e. The topological polar surface area (TPSA) is 46.3 Å². The highest BCUT2D eigenvalue weighted by atomic mass is 35.5. The number of carbonyl (C=O) groups is 1. The molecule has 0 aromatic heterocycles. The van der Waals surface area contributed by atoms with Crippen molar-refractivity contribution >= 4 is 18.2 Å². The normalized spacial score (nSPS) is 18.7. The highest BCUT2D eigenvalue weighted by Gasteiger charge is 2.17. The molecule has 1 heterocycles. The molecule has 3 nitrogen and oxygen atoms in total. The predicted octanol–water partition coefficient (Wildman–Crippen LogP) is 3.52. The van der Waals surface area contributed by atoms with Crippen LogP contribution in [-0.2, 0) is 0 Å². The van der Waals surface area contributed by atoms with E-state index in [1.165, 1.54) is 32.4 Å². The second kappa shape index (κ2) is 10.8. The number of hydrogen-bond donors (Lipinski definition) is 1. The van der Waals surface area contributed by atoms with Gasteiger partial charge in [0.1, 0.15) is 0 Å². The molecular formula is C18H29ClN2O. The molecule has 0 spiro atoms. The number of unbranched alkanes of at least 4 members (excludes halogenated alkanes) is 2. The van der Waals surface area contributed by atoms with Crippen LogP contribution in [0, 0.1) is 5.92 Å². The lowest BCUT2D eigenvalue weighted by Gasteiger charge is -2.32. The fourth-order valence-electron chi connectivity index (χ4n) is 3.11. The first-order valence-corrected chi connectivity index (χ1v) is 8.30. The molecule has 1 fully saturated rings. The van der Waals surface area contributed by atoms with Crippen LogP contribution in [0.2, 0.25) is 0 Å². The highest BCUT2D eigenvalue weighted by Crippen LogP contribution is 2.16. The van der Waals surface area contributed by atoms with Crippen LogP contribution in [0.25, 0.3) is 0 Å². The summed E-state index contributed by atoms with van der Waals surface area (Å²) in [7, 11) is 0. The quantitative estimate of drug-likeness (QED) is 0.588. The molecule has 1 aromatic carbocycles. The Morgan fingerprint density at radius 1 is 1.18 bits per heavy atom. The van der Waals surface area contributed by atoms with Gasteiger partial charge in [0.25, 0.3) is 0 Å². The van der Waals surface area contributed by atoms with Gasteiger partial charge in [-0.2, -0.15) is 0 Å². The Balaban J connectivity index is 0.00000242. The van der Waals surface area contributed by atoms with Gasteiger partial charge in [-0.1, -0.05) is 36.8 Å². The maximum absolute atomic E-state index is 12.0. The molecule has 124 valence electrons. The van der Waals surface area contributed by atoms with E-state index in [1.807, 2.05) is 30.3 Å². The molecule has 0 amide bonds. The number of benzene rings is 1. The van der Waals surface area contributed by atoms with Crippen molar-refractivity contribution in [3.8, 4) is 0 Å². The van der Waals surface area contributed by atoms with Crippen LogP contribution in [0.3, 0.4) is 0 Å². The summed E-state index contributed by atoms with van der Waals surface area (Å²) in [4.78, 5) is 14.5. The summed E-state index contributed by atoms with van der Waals surface area (Å²) in [5.41, 5.74) is 6.61. The molecule has 1 saturated heterocycles. The van der Waals surface area contributed by atoms with E-state index in [0.29, 0.717) is 12.3 Å². The molecule has 1 aromatic rings. The molecule has 0 saturated carbocycles. The first-order chi connectivity index (χ1) is 10.3. The van der Waals surface area contributed by atoms with E-state index in [1.54, 1.807) is 0 Å². The lowest BCUT2D eigenvalue weighted by atomic mass is 9.98. The maximum Gasteiger partial charge on any atom is 0.162 e. The van der Waals surface area contributed by atoms with Crippen molar-refractivity contribution < 1.29 is 4.79 Å². The van der Waals surface area contributed by atoms with E-state index in [0.717, 1.165) is 31.5 Å². The average molecular weight is 325 g/mol.